The predicted molar refractivity (Wildman–Crippen MR) is 104 cm³/mol. The van der Waals surface area contributed by atoms with Gasteiger partial charge in [0.1, 0.15) is 5.65 Å². The summed E-state index contributed by atoms with van der Waals surface area (Å²) >= 11 is 5.98. The van der Waals surface area contributed by atoms with Gasteiger partial charge in [-0.1, -0.05) is 29.8 Å². The standard InChI is InChI=1S/C20H18ClN5O/c1-2-8-25(12-16-5-3-4-15(9-16)10-22)20(27)23-11-18-14-26-13-17(21)6-7-19(26)24-18/h2-7,9,13-14H,1,8,11-12H2,(H,23,27). The first-order chi connectivity index (χ1) is 13.1. The van der Waals surface area contributed by atoms with Crippen molar-refractivity contribution in [3.8, 4) is 6.07 Å². The van der Waals surface area contributed by atoms with Gasteiger partial charge in [0.15, 0.2) is 0 Å². The van der Waals surface area contributed by atoms with Crippen LogP contribution < -0.4 is 5.32 Å². The van der Waals surface area contributed by atoms with E-state index in [0.717, 1.165) is 16.9 Å². The van der Waals surface area contributed by atoms with Crippen molar-refractivity contribution in [2.24, 2.45) is 0 Å². The van der Waals surface area contributed by atoms with Gasteiger partial charge in [0.05, 0.1) is 28.9 Å². The lowest BCUT2D eigenvalue weighted by Crippen LogP contribution is -2.39. The first kappa shape index (κ1) is 18.5. The number of nitriles is 1. The first-order valence-electron chi connectivity index (χ1n) is 8.35. The van der Waals surface area contributed by atoms with Crippen molar-refractivity contribution in [2.75, 3.05) is 6.54 Å². The van der Waals surface area contributed by atoms with Crippen LogP contribution in [0.2, 0.25) is 5.02 Å². The van der Waals surface area contributed by atoms with Crippen LogP contribution in [0.15, 0.2) is 61.4 Å². The van der Waals surface area contributed by atoms with Crippen LogP contribution in [-0.4, -0.2) is 26.9 Å². The van der Waals surface area contributed by atoms with E-state index in [-0.39, 0.29) is 6.03 Å². The number of hydrogen-bond acceptors (Lipinski definition) is 3. The van der Waals surface area contributed by atoms with Gasteiger partial charge in [-0.05, 0) is 29.8 Å². The molecule has 0 fully saturated rings. The number of urea groups is 1. The zero-order chi connectivity index (χ0) is 19.2. The SMILES string of the molecule is C=CCN(Cc1cccc(C#N)c1)C(=O)NCc1cn2cc(Cl)ccc2n1. The quantitative estimate of drug-likeness (QED) is 0.663. The van der Waals surface area contributed by atoms with Crippen molar-refractivity contribution in [3.05, 3.63) is 83.3 Å². The van der Waals surface area contributed by atoms with Gasteiger partial charge < -0.3 is 14.6 Å². The molecule has 2 heterocycles. The number of carbonyl (C=O) groups excluding carboxylic acids is 1. The third kappa shape index (κ3) is 4.66. The molecule has 0 radical (unpaired) electrons. The number of hydrogen-bond donors (Lipinski definition) is 1. The molecule has 0 aliphatic carbocycles. The molecule has 7 heteroatoms. The Kier molecular flexibility index (Phi) is 5.74. The Morgan fingerprint density at radius 2 is 2.22 bits per heavy atom. The van der Waals surface area contributed by atoms with Crippen molar-refractivity contribution >= 4 is 23.3 Å². The Hall–Kier alpha value is -3.30. The smallest absolute Gasteiger partial charge is 0.318 e. The molecule has 0 aliphatic rings. The van der Waals surface area contributed by atoms with E-state index in [9.17, 15) is 4.79 Å². The highest BCUT2D eigenvalue weighted by Gasteiger charge is 2.13. The number of rotatable bonds is 6. The van der Waals surface area contributed by atoms with E-state index < -0.39 is 0 Å². The van der Waals surface area contributed by atoms with E-state index >= 15 is 0 Å². The van der Waals surface area contributed by atoms with Gasteiger partial charge in [0, 0.05) is 25.5 Å². The number of nitrogens with zero attached hydrogens (tertiary/aromatic N) is 4. The van der Waals surface area contributed by atoms with Gasteiger partial charge >= 0.3 is 6.03 Å². The zero-order valence-electron chi connectivity index (χ0n) is 14.6. The van der Waals surface area contributed by atoms with Crippen molar-refractivity contribution in [3.63, 3.8) is 0 Å². The summed E-state index contributed by atoms with van der Waals surface area (Å²) in [6.45, 7) is 4.78. The molecule has 2 aromatic heterocycles. The average Bonchev–Trinajstić information content (AvgIpc) is 3.08. The van der Waals surface area contributed by atoms with Crippen LogP contribution in [0.25, 0.3) is 5.65 Å². The number of carbonyl (C=O) groups is 1. The van der Waals surface area contributed by atoms with Crippen molar-refractivity contribution in [1.82, 2.24) is 19.6 Å². The molecule has 3 aromatic rings. The van der Waals surface area contributed by atoms with E-state index in [0.29, 0.717) is 30.2 Å². The molecule has 1 N–H and O–H groups in total. The lowest BCUT2D eigenvalue weighted by molar-refractivity contribution is 0.200. The van der Waals surface area contributed by atoms with Gasteiger partial charge in [0.2, 0.25) is 0 Å². The van der Waals surface area contributed by atoms with Gasteiger partial charge in [-0.2, -0.15) is 5.26 Å². The second-order valence-corrected chi connectivity index (χ2v) is 6.42. The monoisotopic (exact) mass is 379 g/mol. The fraction of sp³-hybridized carbons (Fsp3) is 0.150. The first-order valence-corrected chi connectivity index (χ1v) is 8.72. The van der Waals surface area contributed by atoms with E-state index in [1.807, 2.05) is 22.7 Å². The Labute approximate surface area is 162 Å². The number of pyridine rings is 1. The van der Waals surface area contributed by atoms with Crippen LogP contribution >= 0.6 is 11.6 Å². The summed E-state index contributed by atoms with van der Waals surface area (Å²) in [7, 11) is 0. The van der Waals surface area contributed by atoms with Crippen LogP contribution in [-0.2, 0) is 13.1 Å². The van der Waals surface area contributed by atoms with Crippen LogP contribution in [0.5, 0.6) is 0 Å². The van der Waals surface area contributed by atoms with Gasteiger partial charge in [-0.25, -0.2) is 9.78 Å². The van der Waals surface area contributed by atoms with E-state index in [1.165, 1.54) is 0 Å². The summed E-state index contributed by atoms with van der Waals surface area (Å²) in [5, 5.41) is 12.5. The van der Waals surface area contributed by atoms with Crippen molar-refractivity contribution < 1.29 is 4.79 Å². The third-order valence-corrected chi connectivity index (χ3v) is 4.18. The van der Waals surface area contributed by atoms with E-state index in [1.54, 1.807) is 41.4 Å². The molecular formula is C20H18ClN5O. The molecule has 2 amide bonds. The minimum absolute atomic E-state index is 0.229. The number of benzene rings is 1. The molecule has 0 bridgehead atoms. The maximum absolute atomic E-state index is 12.6. The molecular weight excluding hydrogens is 362 g/mol. The van der Waals surface area contributed by atoms with E-state index in [4.69, 9.17) is 16.9 Å². The molecule has 0 saturated heterocycles. The average molecular weight is 380 g/mol. The Bertz CT molecular complexity index is 1020. The second-order valence-electron chi connectivity index (χ2n) is 5.99. The topological polar surface area (TPSA) is 73.4 Å². The van der Waals surface area contributed by atoms with Crippen LogP contribution in [0, 0.1) is 11.3 Å². The predicted octanol–water partition coefficient (Wildman–Crippen LogP) is 3.76. The maximum atomic E-state index is 12.6. The fourth-order valence-corrected chi connectivity index (χ4v) is 2.88. The third-order valence-electron chi connectivity index (χ3n) is 3.95. The summed E-state index contributed by atoms with van der Waals surface area (Å²) in [5.74, 6) is 0. The zero-order valence-corrected chi connectivity index (χ0v) is 15.4. The van der Waals surface area contributed by atoms with Crippen molar-refractivity contribution in [1.29, 1.82) is 5.26 Å². The largest absolute Gasteiger partial charge is 0.332 e. The molecule has 0 aliphatic heterocycles. The molecule has 136 valence electrons. The number of aromatic nitrogens is 2. The highest BCUT2D eigenvalue weighted by atomic mass is 35.5. The summed E-state index contributed by atoms with van der Waals surface area (Å²) in [6, 6.07) is 12.7. The van der Waals surface area contributed by atoms with E-state index in [2.05, 4.69) is 22.9 Å². The Morgan fingerprint density at radius 1 is 1.37 bits per heavy atom. The van der Waals surface area contributed by atoms with Crippen molar-refractivity contribution in [2.45, 2.75) is 13.1 Å². The Balaban J connectivity index is 1.67. The van der Waals surface area contributed by atoms with Gasteiger partial charge in [-0.15, -0.1) is 6.58 Å². The number of nitrogens with one attached hydrogen (secondary N) is 1. The number of halogens is 1. The summed E-state index contributed by atoms with van der Waals surface area (Å²) in [4.78, 5) is 18.7. The summed E-state index contributed by atoms with van der Waals surface area (Å²) in [5.41, 5.74) is 2.94. The lowest BCUT2D eigenvalue weighted by Gasteiger charge is -2.21. The number of imidazole rings is 1. The fourth-order valence-electron chi connectivity index (χ4n) is 2.72. The molecule has 1 aromatic carbocycles. The van der Waals surface area contributed by atoms with Crippen LogP contribution in [0.4, 0.5) is 4.79 Å². The highest BCUT2D eigenvalue weighted by molar-refractivity contribution is 6.30. The maximum Gasteiger partial charge on any atom is 0.318 e. The minimum atomic E-state index is -0.229. The van der Waals surface area contributed by atoms with Crippen LogP contribution in [0.3, 0.4) is 0 Å². The number of amides is 2. The lowest BCUT2D eigenvalue weighted by atomic mass is 10.1. The van der Waals surface area contributed by atoms with Gasteiger partial charge in [-0.3, -0.25) is 0 Å². The highest BCUT2D eigenvalue weighted by Crippen LogP contribution is 2.12. The summed E-state index contributed by atoms with van der Waals surface area (Å²) in [6.07, 6.45) is 5.26. The number of fused-ring (bicyclic) bond motifs is 1. The Morgan fingerprint density at radius 3 is 3.00 bits per heavy atom. The summed E-state index contributed by atoms with van der Waals surface area (Å²) < 4.78 is 1.82. The molecule has 3 rings (SSSR count). The molecule has 6 nitrogen and oxygen atoms in total. The van der Waals surface area contributed by atoms with Gasteiger partial charge in [0.25, 0.3) is 0 Å². The van der Waals surface area contributed by atoms with Crippen LogP contribution in [0.1, 0.15) is 16.8 Å². The molecule has 0 atom stereocenters. The minimum Gasteiger partial charge on any atom is -0.332 e. The molecule has 27 heavy (non-hydrogen) atoms. The second kappa shape index (κ2) is 8.39. The molecule has 0 spiro atoms. The molecule has 0 unspecified atom stereocenters. The normalized spacial score (nSPS) is 10.4. The molecule has 0 saturated carbocycles.